The maximum absolute atomic E-state index is 13.2. The van der Waals surface area contributed by atoms with Gasteiger partial charge in [-0.1, -0.05) is 26.8 Å². The van der Waals surface area contributed by atoms with Gasteiger partial charge < -0.3 is 9.30 Å². The number of hydrogen-bond donors (Lipinski definition) is 0. The van der Waals surface area contributed by atoms with Crippen LogP contribution < -0.4 is 4.74 Å². The van der Waals surface area contributed by atoms with E-state index in [0.29, 0.717) is 10.6 Å². The fourth-order valence-electron chi connectivity index (χ4n) is 3.51. The number of aryl methyl sites for hydroxylation is 2. The predicted octanol–water partition coefficient (Wildman–Crippen LogP) is 5.31. The molecule has 0 aliphatic heterocycles. The van der Waals surface area contributed by atoms with Crippen molar-refractivity contribution in [3.63, 3.8) is 0 Å². The van der Waals surface area contributed by atoms with Crippen LogP contribution in [0.1, 0.15) is 38.4 Å². The van der Waals surface area contributed by atoms with Crippen molar-refractivity contribution in [3.05, 3.63) is 53.7 Å². The van der Waals surface area contributed by atoms with E-state index >= 15 is 0 Å². The summed E-state index contributed by atoms with van der Waals surface area (Å²) in [6.07, 6.45) is 1.97. The highest BCUT2D eigenvalue weighted by molar-refractivity contribution is 7.91. The average molecular weight is 400 g/mol. The largest absolute Gasteiger partial charge is 0.497 e. The number of benzene rings is 2. The van der Waals surface area contributed by atoms with Crippen molar-refractivity contribution in [2.75, 3.05) is 7.11 Å². The Morgan fingerprint density at radius 3 is 2.36 bits per heavy atom. The molecule has 0 saturated heterocycles. The van der Waals surface area contributed by atoms with E-state index in [2.05, 4.69) is 32.3 Å². The zero-order valence-electron chi connectivity index (χ0n) is 17.5. The molecule has 28 heavy (non-hydrogen) atoms. The molecule has 3 rings (SSSR count). The lowest BCUT2D eigenvalue weighted by Crippen LogP contribution is -2.07. The molecule has 3 aromatic rings. The normalized spacial score (nSPS) is 12.5. The van der Waals surface area contributed by atoms with E-state index < -0.39 is 9.84 Å². The second kappa shape index (κ2) is 7.28. The maximum atomic E-state index is 13.2. The topological polar surface area (TPSA) is 48.3 Å². The number of rotatable bonds is 5. The molecule has 0 amide bonds. The third-order valence-corrected chi connectivity index (χ3v) is 7.13. The Hall–Kier alpha value is -2.27. The van der Waals surface area contributed by atoms with Gasteiger partial charge in [-0.2, -0.15) is 0 Å². The molecule has 0 atom stereocenters. The Balaban J connectivity index is 2.12. The second-order valence-electron chi connectivity index (χ2n) is 8.55. The van der Waals surface area contributed by atoms with Crippen LogP contribution in [0.25, 0.3) is 10.9 Å². The highest BCUT2D eigenvalue weighted by atomic mass is 32.2. The van der Waals surface area contributed by atoms with Gasteiger partial charge in [-0.15, -0.1) is 0 Å². The highest BCUT2D eigenvalue weighted by Gasteiger charge is 2.22. The van der Waals surface area contributed by atoms with Gasteiger partial charge in [0.15, 0.2) is 0 Å². The maximum Gasteiger partial charge on any atom is 0.206 e. The number of ether oxygens (including phenoxy) is 1. The van der Waals surface area contributed by atoms with Gasteiger partial charge in [0.2, 0.25) is 9.84 Å². The summed E-state index contributed by atoms with van der Waals surface area (Å²) in [5.74, 6) is 0.531. The Morgan fingerprint density at radius 2 is 1.71 bits per heavy atom. The Bertz CT molecular complexity index is 1120. The second-order valence-corrected chi connectivity index (χ2v) is 10.5. The summed E-state index contributed by atoms with van der Waals surface area (Å²) >= 11 is 0. The minimum Gasteiger partial charge on any atom is -0.497 e. The van der Waals surface area contributed by atoms with E-state index in [1.54, 1.807) is 30.3 Å². The third kappa shape index (κ3) is 3.81. The molecule has 0 fully saturated rings. The molecule has 0 saturated carbocycles. The lowest BCUT2D eigenvalue weighted by atomic mass is 9.88. The standard InChI is InChI=1S/C23H29NO3S/c1-16-20(12-13-23(2,3)4)21-15-19(10-11-22(21)24(16)5)28(25,26)18-9-7-8-17(14-18)27-6/h7-11,14-15H,12-13H2,1-6H3. The minimum atomic E-state index is -3.62. The first-order valence-corrected chi connectivity index (χ1v) is 11.0. The van der Waals surface area contributed by atoms with E-state index in [0.717, 1.165) is 23.7 Å². The Morgan fingerprint density at radius 1 is 1.04 bits per heavy atom. The van der Waals surface area contributed by atoms with E-state index in [1.165, 1.54) is 18.4 Å². The summed E-state index contributed by atoms with van der Waals surface area (Å²) in [7, 11) is -0.0460. The zero-order chi connectivity index (χ0) is 20.7. The third-order valence-electron chi connectivity index (χ3n) is 5.38. The van der Waals surface area contributed by atoms with Crippen molar-refractivity contribution in [3.8, 4) is 5.75 Å². The quantitative estimate of drug-likeness (QED) is 0.584. The van der Waals surface area contributed by atoms with Gasteiger partial charge in [0, 0.05) is 23.6 Å². The molecule has 1 aromatic heterocycles. The van der Waals surface area contributed by atoms with Crippen molar-refractivity contribution in [2.45, 2.75) is 50.3 Å². The van der Waals surface area contributed by atoms with Gasteiger partial charge in [0.1, 0.15) is 5.75 Å². The van der Waals surface area contributed by atoms with Gasteiger partial charge in [0.05, 0.1) is 16.9 Å². The lowest BCUT2D eigenvalue weighted by molar-refractivity contribution is 0.378. The van der Waals surface area contributed by atoms with Crippen LogP contribution >= 0.6 is 0 Å². The first-order valence-electron chi connectivity index (χ1n) is 9.51. The van der Waals surface area contributed by atoms with E-state index in [9.17, 15) is 8.42 Å². The van der Waals surface area contributed by atoms with Crippen molar-refractivity contribution >= 4 is 20.7 Å². The van der Waals surface area contributed by atoms with Gasteiger partial charge >= 0.3 is 0 Å². The summed E-state index contributed by atoms with van der Waals surface area (Å²) in [4.78, 5) is 0.561. The van der Waals surface area contributed by atoms with Crippen molar-refractivity contribution in [1.29, 1.82) is 0 Å². The molecule has 4 nitrogen and oxygen atoms in total. The van der Waals surface area contributed by atoms with Gasteiger partial charge in [-0.3, -0.25) is 0 Å². The Labute approximate surface area is 168 Å². The van der Waals surface area contributed by atoms with E-state index in [1.807, 2.05) is 19.2 Å². The predicted molar refractivity (Wildman–Crippen MR) is 114 cm³/mol. The molecule has 0 aliphatic rings. The van der Waals surface area contributed by atoms with Crippen LogP contribution in [0.2, 0.25) is 0 Å². The van der Waals surface area contributed by atoms with Gasteiger partial charge in [-0.25, -0.2) is 8.42 Å². The van der Waals surface area contributed by atoms with Crippen molar-refractivity contribution in [2.24, 2.45) is 12.5 Å². The van der Waals surface area contributed by atoms with Gasteiger partial charge in [0.25, 0.3) is 0 Å². The zero-order valence-corrected chi connectivity index (χ0v) is 18.4. The van der Waals surface area contributed by atoms with Crippen LogP contribution in [-0.2, 0) is 23.3 Å². The number of hydrogen-bond acceptors (Lipinski definition) is 3. The Kier molecular flexibility index (Phi) is 5.32. The molecule has 1 heterocycles. The van der Waals surface area contributed by atoms with Crippen LogP contribution in [0.5, 0.6) is 5.75 Å². The smallest absolute Gasteiger partial charge is 0.206 e. The number of nitrogens with zero attached hydrogens (tertiary/aromatic N) is 1. The first kappa shape index (κ1) is 20.5. The number of aromatic nitrogens is 1. The first-order chi connectivity index (χ1) is 13.0. The molecule has 0 radical (unpaired) electrons. The van der Waals surface area contributed by atoms with E-state index in [4.69, 9.17) is 4.74 Å². The lowest BCUT2D eigenvalue weighted by Gasteiger charge is -2.18. The molecular formula is C23H29NO3S. The number of sulfone groups is 1. The molecule has 0 bridgehead atoms. The SMILES string of the molecule is COc1cccc(S(=O)(=O)c2ccc3c(c2)c(CCC(C)(C)C)c(C)n3C)c1. The molecule has 2 aromatic carbocycles. The fraction of sp³-hybridized carbons (Fsp3) is 0.391. The van der Waals surface area contributed by atoms with Crippen molar-refractivity contribution < 1.29 is 13.2 Å². The van der Waals surface area contributed by atoms with Crippen LogP contribution in [-0.4, -0.2) is 20.1 Å². The van der Waals surface area contributed by atoms with Crippen LogP contribution in [0, 0.1) is 12.3 Å². The molecule has 0 aliphatic carbocycles. The summed E-state index contributed by atoms with van der Waals surface area (Å²) in [6, 6.07) is 12.1. The molecule has 0 spiro atoms. The summed E-state index contributed by atoms with van der Waals surface area (Å²) in [5.41, 5.74) is 3.70. The molecule has 150 valence electrons. The summed E-state index contributed by atoms with van der Waals surface area (Å²) < 4.78 is 33.7. The monoisotopic (exact) mass is 399 g/mol. The molecular weight excluding hydrogens is 370 g/mol. The van der Waals surface area contributed by atoms with Gasteiger partial charge in [-0.05, 0) is 67.1 Å². The summed E-state index contributed by atoms with van der Waals surface area (Å²) in [6.45, 7) is 8.79. The molecule has 0 N–H and O–H groups in total. The van der Waals surface area contributed by atoms with Crippen LogP contribution in [0.15, 0.2) is 52.3 Å². The highest BCUT2D eigenvalue weighted by Crippen LogP contribution is 2.33. The van der Waals surface area contributed by atoms with Crippen LogP contribution in [0.3, 0.4) is 0 Å². The van der Waals surface area contributed by atoms with E-state index in [-0.39, 0.29) is 10.3 Å². The average Bonchev–Trinajstić information content (AvgIpc) is 2.89. The number of fused-ring (bicyclic) bond motifs is 1. The van der Waals surface area contributed by atoms with Crippen molar-refractivity contribution in [1.82, 2.24) is 4.57 Å². The molecule has 0 unspecified atom stereocenters. The van der Waals surface area contributed by atoms with Crippen LogP contribution in [0.4, 0.5) is 0 Å². The molecule has 5 heteroatoms. The number of methoxy groups -OCH3 is 1. The fourth-order valence-corrected chi connectivity index (χ4v) is 4.84. The summed E-state index contributed by atoms with van der Waals surface area (Å²) in [5, 5.41) is 1.02. The minimum absolute atomic E-state index is 0.221.